The summed E-state index contributed by atoms with van der Waals surface area (Å²) in [5, 5.41) is 0.717. The molecule has 28 heavy (non-hydrogen) atoms. The maximum atomic E-state index is 12.6. The Hall–Kier alpha value is -2.06. The van der Waals surface area contributed by atoms with Crippen molar-refractivity contribution in [1.82, 2.24) is 4.90 Å². The molecule has 0 saturated carbocycles. The number of hydrogen-bond acceptors (Lipinski definition) is 6. The lowest BCUT2D eigenvalue weighted by Crippen LogP contribution is -2.38. The van der Waals surface area contributed by atoms with E-state index in [4.69, 9.17) is 44.9 Å². The summed E-state index contributed by atoms with van der Waals surface area (Å²) >= 11 is 18.1. The predicted octanol–water partition coefficient (Wildman–Crippen LogP) is 4.81. The number of amides is 2. The summed E-state index contributed by atoms with van der Waals surface area (Å²) < 4.78 is 10.7. The summed E-state index contributed by atoms with van der Waals surface area (Å²) in [6, 6.07) is 11.8. The number of methoxy groups -OCH3 is 1. The van der Waals surface area contributed by atoms with Crippen LogP contribution in [0.5, 0.6) is 11.5 Å². The summed E-state index contributed by atoms with van der Waals surface area (Å²) in [5.41, 5.74) is 0.790. The highest BCUT2D eigenvalue weighted by molar-refractivity contribution is 8.26. The molecule has 5 nitrogen and oxygen atoms in total. The van der Waals surface area contributed by atoms with Crippen molar-refractivity contribution >= 4 is 69.4 Å². The predicted molar refractivity (Wildman–Crippen MR) is 115 cm³/mol. The van der Waals surface area contributed by atoms with E-state index >= 15 is 0 Å². The molecule has 1 saturated heterocycles. The molecule has 2 amide bonds. The van der Waals surface area contributed by atoms with Crippen LogP contribution in [0.4, 0.5) is 0 Å². The molecule has 0 N–H and O–H groups in total. The Morgan fingerprint density at radius 3 is 2.57 bits per heavy atom. The second kappa shape index (κ2) is 8.96. The van der Waals surface area contributed by atoms with Gasteiger partial charge in [-0.1, -0.05) is 59.3 Å². The number of thiocarbonyl (C=S) groups is 1. The Kier molecular flexibility index (Phi) is 6.61. The molecule has 9 heteroatoms. The van der Waals surface area contributed by atoms with Crippen molar-refractivity contribution in [2.45, 2.75) is 0 Å². The number of ether oxygens (including phenoxy) is 2. The number of imide groups is 1. The minimum Gasteiger partial charge on any atom is -0.497 e. The van der Waals surface area contributed by atoms with Crippen LogP contribution in [-0.4, -0.2) is 34.8 Å². The van der Waals surface area contributed by atoms with E-state index in [2.05, 4.69) is 0 Å². The highest BCUT2D eigenvalue weighted by atomic mass is 35.5. The molecule has 1 aliphatic rings. The van der Waals surface area contributed by atoms with Crippen LogP contribution in [0.15, 0.2) is 47.4 Å². The molecule has 144 valence electrons. The first kappa shape index (κ1) is 20.7. The molecule has 0 aliphatic carbocycles. The average Bonchev–Trinajstić information content (AvgIpc) is 2.94. The second-order valence-corrected chi connectivity index (χ2v) is 8.07. The zero-order valence-corrected chi connectivity index (χ0v) is 17.6. The molecule has 0 radical (unpaired) electrons. The number of thioether (sulfide) groups is 1. The third-order valence-electron chi connectivity index (χ3n) is 3.70. The molecular formula is C19H13Cl2NO4S2. The van der Waals surface area contributed by atoms with Gasteiger partial charge in [0.05, 0.1) is 17.0 Å². The Morgan fingerprint density at radius 1 is 1.21 bits per heavy atom. The Bertz CT molecular complexity index is 976. The summed E-state index contributed by atoms with van der Waals surface area (Å²) in [7, 11) is 1.57. The van der Waals surface area contributed by atoms with Crippen LogP contribution in [0.25, 0.3) is 6.08 Å². The third-order valence-corrected chi connectivity index (χ3v) is 5.53. The number of carbonyl (C=O) groups excluding carboxylic acids is 2. The fourth-order valence-corrected chi connectivity index (χ4v) is 4.09. The van der Waals surface area contributed by atoms with Crippen molar-refractivity contribution < 1.29 is 19.1 Å². The van der Waals surface area contributed by atoms with Gasteiger partial charge in [0.2, 0.25) is 0 Å². The molecule has 0 atom stereocenters. The molecule has 3 rings (SSSR count). The second-order valence-electron chi connectivity index (χ2n) is 5.55. The van der Waals surface area contributed by atoms with Gasteiger partial charge in [-0.2, -0.15) is 0 Å². The zero-order valence-electron chi connectivity index (χ0n) is 14.5. The summed E-state index contributed by atoms with van der Waals surface area (Å²) in [6.07, 6.45) is 1.67. The van der Waals surface area contributed by atoms with Crippen molar-refractivity contribution in [2.24, 2.45) is 0 Å². The van der Waals surface area contributed by atoms with Crippen molar-refractivity contribution in [2.75, 3.05) is 13.7 Å². The number of benzene rings is 2. The lowest BCUT2D eigenvalue weighted by atomic mass is 10.2. The quantitative estimate of drug-likeness (QED) is 0.478. The van der Waals surface area contributed by atoms with Crippen LogP contribution in [0.3, 0.4) is 0 Å². The Morgan fingerprint density at radius 2 is 1.93 bits per heavy atom. The first-order valence-corrected chi connectivity index (χ1v) is 9.90. The Labute approximate surface area is 181 Å². The van der Waals surface area contributed by atoms with Gasteiger partial charge in [0.1, 0.15) is 11.5 Å². The first-order valence-electron chi connectivity index (χ1n) is 7.91. The van der Waals surface area contributed by atoms with Crippen molar-refractivity contribution in [3.05, 3.63) is 63.0 Å². The SMILES string of the molecule is COc1ccc(C=C2SC(=S)N(C(=O)COc3ccc(Cl)cc3Cl)C2=O)cc1. The number of halogens is 2. The summed E-state index contributed by atoms with van der Waals surface area (Å²) in [6.45, 7) is -0.385. The van der Waals surface area contributed by atoms with Gasteiger partial charge in [-0.05, 0) is 42.0 Å². The largest absolute Gasteiger partial charge is 0.497 e. The van der Waals surface area contributed by atoms with Crippen LogP contribution >= 0.6 is 47.2 Å². The highest BCUT2D eigenvalue weighted by Gasteiger charge is 2.37. The number of hydrogen-bond donors (Lipinski definition) is 0. The van der Waals surface area contributed by atoms with Crippen LogP contribution in [-0.2, 0) is 9.59 Å². The molecule has 1 heterocycles. The standard InChI is InChI=1S/C19H13Cl2NO4S2/c1-25-13-5-2-11(3-6-13)8-16-18(24)22(19(27)28-16)17(23)10-26-15-7-4-12(20)9-14(15)21/h2-9H,10H2,1H3. The molecule has 0 aromatic heterocycles. The van der Waals surface area contributed by atoms with E-state index in [0.29, 0.717) is 21.4 Å². The molecule has 1 fully saturated rings. The normalized spacial score (nSPS) is 15.2. The summed E-state index contributed by atoms with van der Waals surface area (Å²) in [4.78, 5) is 26.4. The van der Waals surface area contributed by atoms with Gasteiger partial charge in [-0.15, -0.1) is 0 Å². The lowest BCUT2D eigenvalue weighted by Gasteiger charge is -2.13. The van der Waals surface area contributed by atoms with Crippen molar-refractivity contribution in [3.63, 3.8) is 0 Å². The van der Waals surface area contributed by atoms with Gasteiger partial charge in [-0.25, -0.2) is 4.90 Å². The van der Waals surface area contributed by atoms with Crippen LogP contribution < -0.4 is 9.47 Å². The van der Waals surface area contributed by atoms with Crippen molar-refractivity contribution in [3.8, 4) is 11.5 Å². The van der Waals surface area contributed by atoms with Crippen LogP contribution in [0.1, 0.15) is 5.56 Å². The van der Waals surface area contributed by atoms with Gasteiger partial charge < -0.3 is 9.47 Å². The monoisotopic (exact) mass is 453 g/mol. The van der Waals surface area contributed by atoms with E-state index in [0.717, 1.165) is 22.2 Å². The number of carbonyl (C=O) groups is 2. The first-order chi connectivity index (χ1) is 13.4. The van der Waals surface area contributed by atoms with E-state index in [-0.39, 0.29) is 16.0 Å². The van der Waals surface area contributed by atoms with Gasteiger partial charge in [0.15, 0.2) is 10.9 Å². The third kappa shape index (κ3) is 4.67. The van der Waals surface area contributed by atoms with E-state index in [9.17, 15) is 9.59 Å². The van der Waals surface area contributed by atoms with Gasteiger partial charge >= 0.3 is 0 Å². The van der Waals surface area contributed by atoms with E-state index in [1.54, 1.807) is 49.6 Å². The number of nitrogens with zero attached hydrogens (tertiary/aromatic N) is 1. The maximum Gasteiger partial charge on any atom is 0.273 e. The zero-order chi connectivity index (χ0) is 20.3. The molecule has 0 unspecified atom stereocenters. The minimum absolute atomic E-state index is 0.153. The van der Waals surface area contributed by atoms with E-state index in [1.165, 1.54) is 6.07 Å². The van der Waals surface area contributed by atoms with E-state index < -0.39 is 11.8 Å². The molecule has 2 aromatic carbocycles. The fraction of sp³-hybridized carbons (Fsp3) is 0.105. The maximum absolute atomic E-state index is 12.6. The summed E-state index contributed by atoms with van der Waals surface area (Å²) in [5.74, 6) is -0.0650. The Balaban J connectivity index is 1.69. The van der Waals surface area contributed by atoms with E-state index in [1.807, 2.05) is 0 Å². The van der Waals surface area contributed by atoms with Crippen LogP contribution in [0.2, 0.25) is 10.0 Å². The molecule has 0 spiro atoms. The smallest absolute Gasteiger partial charge is 0.273 e. The average molecular weight is 454 g/mol. The highest BCUT2D eigenvalue weighted by Crippen LogP contribution is 2.33. The van der Waals surface area contributed by atoms with Crippen LogP contribution in [0, 0.1) is 0 Å². The minimum atomic E-state index is -0.577. The lowest BCUT2D eigenvalue weighted by molar-refractivity contribution is -0.137. The van der Waals surface area contributed by atoms with Gasteiger partial charge in [0, 0.05) is 5.02 Å². The molecular weight excluding hydrogens is 441 g/mol. The number of rotatable bonds is 5. The topological polar surface area (TPSA) is 55.8 Å². The van der Waals surface area contributed by atoms with Gasteiger partial charge in [0.25, 0.3) is 11.8 Å². The fourth-order valence-electron chi connectivity index (χ4n) is 2.33. The molecule has 2 aromatic rings. The van der Waals surface area contributed by atoms with Gasteiger partial charge in [-0.3, -0.25) is 9.59 Å². The van der Waals surface area contributed by atoms with Crippen molar-refractivity contribution in [1.29, 1.82) is 0 Å². The molecule has 1 aliphatic heterocycles. The molecule has 0 bridgehead atoms.